The van der Waals surface area contributed by atoms with Crippen LogP contribution in [0.2, 0.25) is 4.34 Å². The topological polar surface area (TPSA) is 68.2 Å². The Morgan fingerprint density at radius 3 is 2.40 bits per heavy atom. The fraction of sp³-hybridized carbons (Fsp3) is 0.125. The Morgan fingerprint density at radius 1 is 1.11 bits per heavy atom. The molecule has 2 aromatic carbocycles. The predicted octanol–water partition coefficient (Wildman–Crippen LogP) is 6.37. The number of ether oxygens (including phenoxy) is 2. The van der Waals surface area contributed by atoms with Crippen molar-refractivity contribution in [1.29, 1.82) is 0 Å². The number of nitrogens with zero attached hydrogens (tertiary/aromatic N) is 2. The van der Waals surface area contributed by atoms with E-state index < -0.39 is 12.5 Å². The molecule has 6 nitrogen and oxygen atoms in total. The summed E-state index contributed by atoms with van der Waals surface area (Å²) in [5.41, 5.74) is 1.29. The summed E-state index contributed by atoms with van der Waals surface area (Å²) < 4.78 is 35.1. The van der Waals surface area contributed by atoms with Crippen molar-refractivity contribution in [2.45, 2.75) is 6.61 Å². The minimum Gasteiger partial charge on any atom is -0.497 e. The molecule has 0 N–H and O–H groups in total. The molecule has 0 spiro atoms. The molecule has 1 aliphatic rings. The molecule has 0 bridgehead atoms. The molecule has 1 aliphatic heterocycles. The van der Waals surface area contributed by atoms with Crippen molar-refractivity contribution in [1.82, 2.24) is 0 Å². The van der Waals surface area contributed by atoms with Crippen LogP contribution >= 0.6 is 34.7 Å². The number of rotatable bonds is 8. The molecular formula is C24H17ClF2N2O4S2. The predicted molar refractivity (Wildman–Crippen MR) is 135 cm³/mol. The van der Waals surface area contributed by atoms with Gasteiger partial charge in [-0.3, -0.25) is 14.5 Å². The summed E-state index contributed by atoms with van der Waals surface area (Å²) in [6, 6.07) is 16.0. The first-order chi connectivity index (χ1) is 16.8. The molecule has 4 rings (SSSR count). The first-order valence-corrected chi connectivity index (χ1v) is 12.3. The van der Waals surface area contributed by atoms with E-state index in [4.69, 9.17) is 16.3 Å². The SMILES string of the molecule is COc1ccc(C=C2N=C(SCC(=O)c3ccc(Cl)s3)N(c3ccc(OC(F)F)cc3)C2=O)cc1. The summed E-state index contributed by atoms with van der Waals surface area (Å²) in [6.45, 7) is -2.96. The lowest BCUT2D eigenvalue weighted by atomic mass is 10.2. The summed E-state index contributed by atoms with van der Waals surface area (Å²) in [7, 11) is 1.56. The standard InChI is InChI=1S/C24H17ClF2N2O4S2/c1-32-16-6-2-14(3-7-16)12-18-22(31)29(15-4-8-17(9-5-15)33-23(26)27)24(28-18)34-13-19(30)20-10-11-21(25)35-20/h2-12,23H,13H2,1H3. The molecule has 0 fully saturated rings. The number of hydrogen-bond acceptors (Lipinski definition) is 7. The Kier molecular flexibility index (Phi) is 7.84. The molecule has 180 valence electrons. The van der Waals surface area contributed by atoms with E-state index in [2.05, 4.69) is 9.73 Å². The maximum absolute atomic E-state index is 13.3. The van der Waals surface area contributed by atoms with E-state index >= 15 is 0 Å². The van der Waals surface area contributed by atoms with Gasteiger partial charge in [-0.2, -0.15) is 8.78 Å². The van der Waals surface area contributed by atoms with Gasteiger partial charge in [-0.25, -0.2) is 4.99 Å². The lowest BCUT2D eigenvalue weighted by molar-refractivity contribution is -0.113. The summed E-state index contributed by atoms with van der Waals surface area (Å²) in [4.78, 5) is 32.2. The first-order valence-electron chi connectivity index (χ1n) is 10.1. The van der Waals surface area contributed by atoms with Gasteiger partial charge in [0, 0.05) is 0 Å². The van der Waals surface area contributed by atoms with Crippen LogP contribution in [0.25, 0.3) is 6.08 Å². The Hall–Kier alpha value is -3.21. The highest BCUT2D eigenvalue weighted by Crippen LogP contribution is 2.32. The minimum atomic E-state index is -2.96. The molecule has 11 heteroatoms. The van der Waals surface area contributed by atoms with Crippen LogP contribution in [0.3, 0.4) is 0 Å². The number of hydrogen-bond donors (Lipinski definition) is 0. The van der Waals surface area contributed by atoms with Gasteiger partial charge in [0.1, 0.15) is 17.2 Å². The quantitative estimate of drug-likeness (QED) is 0.248. The average molecular weight is 535 g/mol. The zero-order chi connectivity index (χ0) is 24.9. The highest BCUT2D eigenvalue weighted by molar-refractivity contribution is 8.14. The Labute approximate surface area is 212 Å². The molecule has 0 unspecified atom stereocenters. The molecule has 0 saturated carbocycles. The average Bonchev–Trinajstić information content (AvgIpc) is 3.41. The number of alkyl halides is 2. The van der Waals surface area contributed by atoms with E-state index in [1.54, 1.807) is 49.6 Å². The zero-order valence-corrected chi connectivity index (χ0v) is 20.5. The number of methoxy groups -OCH3 is 1. The van der Waals surface area contributed by atoms with Gasteiger partial charge in [0.05, 0.1) is 27.8 Å². The van der Waals surface area contributed by atoms with Crippen LogP contribution in [0.5, 0.6) is 11.5 Å². The second kappa shape index (κ2) is 11.0. The van der Waals surface area contributed by atoms with Gasteiger partial charge in [-0.05, 0) is 60.2 Å². The minimum absolute atomic E-state index is 0.0296. The Morgan fingerprint density at radius 2 is 1.80 bits per heavy atom. The number of thiophene rings is 1. The summed E-state index contributed by atoms with van der Waals surface area (Å²) in [6.07, 6.45) is 1.62. The number of amidine groups is 1. The van der Waals surface area contributed by atoms with Gasteiger partial charge in [0.2, 0.25) is 0 Å². The third kappa shape index (κ3) is 6.08. The number of anilines is 1. The number of ketones is 1. The number of carbonyl (C=O) groups is 2. The van der Waals surface area contributed by atoms with Gasteiger partial charge in [-0.1, -0.05) is 35.5 Å². The molecule has 3 aromatic rings. The lowest BCUT2D eigenvalue weighted by Crippen LogP contribution is -2.30. The number of benzene rings is 2. The van der Waals surface area contributed by atoms with E-state index in [1.165, 1.54) is 40.5 Å². The molecule has 1 amide bonds. The van der Waals surface area contributed by atoms with Gasteiger partial charge in [0.25, 0.3) is 5.91 Å². The maximum Gasteiger partial charge on any atom is 0.387 e. The number of carbonyl (C=O) groups excluding carboxylic acids is 2. The fourth-order valence-corrected chi connectivity index (χ4v) is 5.09. The van der Waals surface area contributed by atoms with Crippen molar-refractivity contribution in [3.63, 3.8) is 0 Å². The van der Waals surface area contributed by atoms with Crippen LogP contribution < -0.4 is 14.4 Å². The monoisotopic (exact) mass is 534 g/mol. The molecule has 35 heavy (non-hydrogen) atoms. The highest BCUT2D eigenvalue weighted by Gasteiger charge is 2.32. The van der Waals surface area contributed by atoms with Crippen molar-refractivity contribution < 1.29 is 27.8 Å². The third-order valence-electron chi connectivity index (χ3n) is 4.75. The van der Waals surface area contributed by atoms with Crippen molar-refractivity contribution in [3.8, 4) is 11.5 Å². The highest BCUT2D eigenvalue weighted by atomic mass is 35.5. The lowest BCUT2D eigenvalue weighted by Gasteiger charge is -2.18. The smallest absolute Gasteiger partial charge is 0.387 e. The number of Topliss-reactive ketones (excluding diaryl/α,β-unsaturated/α-hetero) is 1. The second-order valence-electron chi connectivity index (χ2n) is 7.03. The largest absolute Gasteiger partial charge is 0.497 e. The van der Waals surface area contributed by atoms with Crippen LogP contribution in [0.4, 0.5) is 14.5 Å². The molecule has 2 heterocycles. The normalized spacial score (nSPS) is 14.5. The third-order valence-corrected chi connectivity index (χ3v) is 6.96. The van der Waals surface area contributed by atoms with Crippen LogP contribution in [-0.2, 0) is 4.79 Å². The molecule has 1 aromatic heterocycles. The number of thioether (sulfide) groups is 1. The Bertz CT molecular complexity index is 1290. The van der Waals surface area contributed by atoms with Gasteiger partial charge in [0.15, 0.2) is 11.0 Å². The van der Waals surface area contributed by atoms with E-state index in [0.29, 0.717) is 20.7 Å². The number of aliphatic imine (C=N–C) groups is 1. The van der Waals surface area contributed by atoms with E-state index in [1.807, 2.05) is 0 Å². The molecule has 0 saturated heterocycles. The number of halogens is 3. The summed E-state index contributed by atoms with van der Waals surface area (Å²) in [5, 5.41) is 0.285. The van der Waals surface area contributed by atoms with Crippen molar-refractivity contribution >= 4 is 63.3 Å². The van der Waals surface area contributed by atoms with Crippen molar-refractivity contribution in [2.24, 2.45) is 4.99 Å². The van der Waals surface area contributed by atoms with Gasteiger partial charge in [-0.15, -0.1) is 11.3 Å². The Balaban J connectivity index is 1.61. The maximum atomic E-state index is 13.3. The van der Waals surface area contributed by atoms with Crippen LogP contribution in [-0.4, -0.2) is 36.3 Å². The van der Waals surface area contributed by atoms with Gasteiger partial charge < -0.3 is 9.47 Å². The molecule has 0 radical (unpaired) electrons. The number of amides is 1. The van der Waals surface area contributed by atoms with Crippen LogP contribution in [0.15, 0.2) is 71.4 Å². The van der Waals surface area contributed by atoms with E-state index in [9.17, 15) is 18.4 Å². The zero-order valence-electron chi connectivity index (χ0n) is 18.1. The van der Waals surface area contributed by atoms with Crippen molar-refractivity contribution in [2.75, 3.05) is 17.8 Å². The summed E-state index contributed by atoms with van der Waals surface area (Å²) in [5.74, 6) is 0.0829. The van der Waals surface area contributed by atoms with Crippen LogP contribution in [0.1, 0.15) is 15.2 Å². The van der Waals surface area contributed by atoms with Crippen molar-refractivity contribution in [3.05, 3.63) is 81.1 Å². The molecular weight excluding hydrogens is 518 g/mol. The van der Waals surface area contributed by atoms with E-state index in [0.717, 1.165) is 17.3 Å². The second-order valence-corrected chi connectivity index (χ2v) is 9.68. The summed E-state index contributed by atoms with van der Waals surface area (Å²) >= 11 is 8.19. The van der Waals surface area contributed by atoms with Crippen LogP contribution in [0, 0.1) is 0 Å². The van der Waals surface area contributed by atoms with E-state index in [-0.39, 0.29) is 28.2 Å². The molecule has 0 atom stereocenters. The van der Waals surface area contributed by atoms with Gasteiger partial charge >= 0.3 is 6.61 Å². The fourth-order valence-electron chi connectivity index (χ4n) is 3.12. The molecule has 0 aliphatic carbocycles. The first kappa shape index (κ1) is 24.9.